The zero-order valence-corrected chi connectivity index (χ0v) is 14.3. The number of unbranched alkanes of at least 4 members (excludes halogenated alkanes) is 1. The number of allylic oxidation sites excluding steroid dienone is 1. The van der Waals surface area contributed by atoms with E-state index in [1.165, 1.54) is 4.31 Å². The molecule has 0 atom stereocenters. The molecule has 0 aromatic heterocycles. The van der Waals surface area contributed by atoms with E-state index in [2.05, 4.69) is 22.5 Å². The Kier molecular flexibility index (Phi) is 6.39. The molecular formula is C14H21BrN2O2S. The monoisotopic (exact) mass is 360 g/mol. The summed E-state index contributed by atoms with van der Waals surface area (Å²) in [6, 6.07) is 3.51. The minimum atomic E-state index is -3.49. The van der Waals surface area contributed by atoms with Crippen molar-refractivity contribution in [2.24, 2.45) is 5.73 Å². The molecule has 0 aliphatic carbocycles. The van der Waals surface area contributed by atoms with Crippen molar-refractivity contribution in [3.63, 3.8) is 0 Å². The average molecular weight is 361 g/mol. The summed E-state index contributed by atoms with van der Waals surface area (Å²) in [7, 11) is -1.89. The third-order valence-electron chi connectivity index (χ3n) is 3.16. The molecule has 1 rings (SSSR count). The molecule has 0 radical (unpaired) electrons. The van der Waals surface area contributed by atoms with E-state index in [1.807, 2.05) is 6.07 Å². The highest BCUT2D eigenvalue weighted by atomic mass is 79.9. The van der Waals surface area contributed by atoms with Gasteiger partial charge >= 0.3 is 0 Å². The van der Waals surface area contributed by atoms with Gasteiger partial charge in [-0.05, 0) is 43.0 Å². The van der Waals surface area contributed by atoms with Gasteiger partial charge in [-0.25, -0.2) is 12.7 Å². The second-order valence-corrected chi connectivity index (χ2v) is 7.53. The van der Waals surface area contributed by atoms with E-state index < -0.39 is 10.0 Å². The highest BCUT2D eigenvalue weighted by Crippen LogP contribution is 2.27. The first kappa shape index (κ1) is 17.4. The van der Waals surface area contributed by atoms with Gasteiger partial charge in [-0.3, -0.25) is 0 Å². The molecule has 112 valence electrons. The summed E-state index contributed by atoms with van der Waals surface area (Å²) in [4.78, 5) is 0.313. The molecule has 1 aromatic carbocycles. The van der Waals surface area contributed by atoms with E-state index in [-0.39, 0.29) is 0 Å². The Hall–Kier alpha value is -0.690. The maximum atomic E-state index is 12.6. The SMILES string of the molecule is C=CCCCN(C)S(=O)(=O)c1cc(CN)cc(Br)c1C. The van der Waals surface area contributed by atoms with Gasteiger partial charge in [0.2, 0.25) is 10.0 Å². The first-order valence-corrected chi connectivity index (χ1v) is 8.64. The van der Waals surface area contributed by atoms with E-state index in [0.29, 0.717) is 23.5 Å². The second-order valence-electron chi connectivity index (χ2n) is 4.66. The maximum absolute atomic E-state index is 12.6. The van der Waals surface area contributed by atoms with E-state index in [1.54, 1.807) is 26.1 Å². The fourth-order valence-corrected chi connectivity index (χ4v) is 3.98. The van der Waals surface area contributed by atoms with Crippen LogP contribution >= 0.6 is 15.9 Å². The van der Waals surface area contributed by atoms with Gasteiger partial charge in [0.25, 0.3) is 0 Å². The molecule has 0 bridgehead atoms. The van der Waals surface area contributed by atoms with Crippen LogP contribution in [0, 0.1) is 6.92 Å². The normalized spacial score (nSPS) is 11.8. The topological polar surface area (TPSA) is 63.4 Å². The number of hydrogen-bond acceptors (Lipinski definition) is 3. The van der Waals surface area contributed by atoms with Crippen LogP contribution in [-0.4, -0.2) is 26.3 Å². The zero-order valence-electron chi connectivity index (χ0n) is 11.9. The van der Waals surface area contributed by atoms with Crippen LogP contribution in [0.4, 0.5) is 0 Å². The Morgan fingerprint density at radius 3 is 2.65 bits per heavy atom. The summed E-state index contributed by atoms with van der Waals surface area (Å²) in [5, 5.41) is 0. The fraction of sp³-hybridized carbons (Fsp3) is 0.429. The molecule has 20 heavy (non-hydrogen) atoms. The van der Waals surface area contributed by atoms with Crippen LogP contribution in [0.15, 0.2) is 34.2 Å². The van der Waals surface area contributed by atoms with Crippen LogP contribution in [0.3, 0.4) is 0 Å². The van der Waals surface area contributed by atoms with Crippen molar-refractivity contribution in [2.75, 3.05) is 13.6 Å². The zero-order chi connectivity index (χ0) is 15.3. The summed E-state index contributed by atoms with van der Waals surface area (Å²) >= 11 is 3.39. The van der Waals surface area contributed by atoms with Gasteiger partial charge in [-0.1, -0.05) is 22.0 Å². The third-order valence-corrected chi connectivity index (χ3v) is 5.97. The summed E-state index contributed by atoms with van der Waals surface area (Å²) in [6.07, 6.45) is 3.35. The van der Waals surface area contributed by atoms with Gasteiger partial charge in [0.05, 0.1) is 4.90 Å². The van der Waals surface area contributed by atoms with Gasteiger partial charge in [0, 0.05) is 24.6 Å². The molecule has 2 N–H and O–H groups in total. The van der Waals surface area contributed by atoms with Crippen molar-refractivity contribution in [3.05, 3.63) is 40.4 Å². The number of nitrogens with zero attached hydrogens (tertiary/aromatic N) is 1. The molecule has 0 saturated heterocycles. The number of rotatable bonds is 7. The van der Waals surface area contributed by atoms with Crippen LogP contribution in [0.2, 0.25) is 0 Å². The van der Waals surface area contributed by atoms with Crippen molar-refractivity contribution in [1.82, 2.24) is 4.31 Å². The minimum absolute atomic E-state index is 0.307. The summed E-state index contributed by atoms with van der Waals surface area (Å²) in [5.74, 6) is 0. The molecule has 0 unspecified atom stereocenters. The quantitative estimate of drug-likeness (QED) is 0.600. The molecule has 6 heteroatoms. The lowest BCUT2D eigenvalue weighted by molar-refractivity contribution is 0.462. The molecule has 0 aliphatic heterocycles. The number of nitrogens with two attached hydrogens (primary N) is 1. The number of benzene rings is 1. The predicted molar refractivity (Wildman–Crippen MR) is 86.0 cm³/mol. The Morgan fingerprint density at radius 1 is 1.45 bits per heavy atom. The highest BCUT2D eigenvalue weighted by molar-refractivity contribution is 9.10. The first-order valence-electron chi connectivity index (χ1n) is 6.41. The fourth-order valence-electron chi connectivity index (χ4n) is 1.84. The second kappa shape index (κ2) is 7.36. The van der Waals surface area contributed by atoms with Gasteiger partial charge in [-0.15, -0.1) is 6.58 Å². The Balaban J connectivity index is 3.14. The largest absolute Gasteiger partial charge is 0.326 e. The Morgan fingerprint density at radius 2 is 2.10 bits per heavy atom. The summed E-state index contributed by atoms with van der Waals surface area (Å²) < 4.78 is 27.4. The smallest absolute Gasteiger partial charge is 0.243 e. The molecule has 0 amide bonds. The molecule has 4 nitrogen and oxygen atoms in total. The number of hydrogen-bond donors (Lipinski definition) is 1. The van der Waals surface area contributed by atoms with Crippen molar-refractivity contribution < 1.29 is 8.42 Å². The van der Waals surface area contributed by atoms with E-state index >= 15 is 0 Å². The summed E-state index contributed by atoms with van der Waals surface area (Å²) in [6.45, 7) is 6.20. The van der Waals surface area contributed by atoms with E-state index in [0.717, 1.165) is 22.9 Å². The van der Waals surface area contributed by atoms with Crippen molar-refractivity contribution in [2.45, 2.75) is 31.2 Å². The van der Waals surface area contributed by atoms with Gasteiger partial charge in [0.1, 0.15) is 0 Å². The molecule has 0 fully saturated rings. The number of sulfonamides is 1. The third kappa shape index (κ3) is 3.91. The lowest BCUT2D eigenvalue weighted by Crippen LogP contribution is -2.28. The average Bonchev–Trinajstić information content (AvgIpc) is 2.41. The molecule has 0 heterocycles. The van der Waals surface area contributed by atoms with Gasteiger partial charge in [-0.2, -0.15) is 0 Å². The van der Waals surface area contributed by atoms with Crippen LogP contribution < -0.4 is 5.73 Å². The molecule has 1 aromatic rings. The van der Waals surface area contributed by atoms with Crippen LogP contribution in [0.1, 0.15) is 24.0 Å². The highest BCUT2D eigenvalue weighted by Gasteiger charge is 2.23. The molecule has 0 aliphatic rings. The van der Waals surface area contributed by atoms with Crippen molar-refractivity contribution in [3.8, 4) is 0 Å². The maximum Gasteiger partial charge on any atom is 0.243 e. The Bertz CT molecular complexity index is 585. The first-order chi connectivity index (χ1) is 9.34. The lowest BCUT2D eigenvalue weighted by atomic mass is 10.1. The van der Waals surface area contributed by atoms with Crippen LogP contribution in [0.25, 0.3) is 0 Å². The predicted octanol–water partition coefficient (Wildman–Crippen LogP) is 2.80. The van der Waals surface area contributed by atoms with E-state index in [9.17, 15) is 8.42 Å². The molecular weight excluding hydrogens is 340 g/mol. The number of halogens is 1. The van der Waals surface area contributed by atoms with Crippen molar-refractivity contribution >= 4 is 26.0 Å². The Labute approximate surface area is 129 Å². The van der Waals surface area contributed by atoms with Crippen LogP contribution in [0.5, 0.6) is 0 Å². The minimum Gasteiger partial charge on any atom is -0.326 e. The van der Waals surface area contributed by atoms with Crippen molar-refractivity contribution in [1.29, 1.82) is 0 Å². The van der Waals surface area contributed by atoms with Gasteiger partial charge in [0.15, 0.2) is 0 Å². The molecule has 0 spiro atoms. The summed E-state index contributed by atoms with van der Waals surface area (Å²) in [5.41, 5.74) is 7.11. The van der Waals surface area contributed by atoms with E-state index in [4.69, 9.17) is 5.73 Å². The lowest BCUT2D eigenvalue weighted by Gasteiger charge is -2.19. The standard InChI is InChI=1S/C14H21BrN2O2S/c1-4-5-6-7-17(3)20(18,19)14-9-12(10-16)8-13(15)11(14)2/h4,8-9H,1,5-7,10,16H2,2-3H3. The van der Waals surface area contributed by atoms with Crippen LogP contribution in [-0.2, 0) is 16.6 Å². The molecule has 0 saturated carbocycles. The van der Waals surface area contributed by atoms with Gasteiger partial charge < -0.3 is 5.73 Å².